The molecule has 1 aliphatic rings. The Morgan fingerprint density at radius 3 is 2.94 bits per heavy atom. The molecule has 8 nitrogen and oxygen atoms in total. The molecule has 0 saturated heterocycles. The topological polar surface area (TPSA) is 90.6 Å². The smallest absolute Gasteiger partial charge is 0.234 e. The first-order valence-electron chi connectivity index (χ1n) is 11.5. The van der Waals surface area contributed by atoms with Crippen LogP contribution in [0.2, 0.25) is 0 Å². The second-order valence-electron chi connectivity index (χ2n) is 8.31. The van der Waals surface area contributed by atoms with Crippen molar-refractivity contribution in [3.8, 4) is 11.5 Å². The molecule has 34 heavy (non-hydrogen) atoms. The normalized spacial score (nSPS) is 15.4. The van der Waals surface area contributed by atoms with Gasteiger partial charge in [0, 0.05) is 10.9 Å². The molecule has 0 fully saturated rings. The SMILES string of the molecule is CCOc1ccc(OCC)c(NC(=O)CSc2nnc3c4c5c(sc4ncn23)C[C@H](C)CC5)c1. The predicted octanol–water partition coefficient (Wildman–Crippen LogP) is 4.99. The summed E-state index contributed by atoms with van der Waals surface area (Å²) in [4.78, 5) is 19.9. The minimum Gasteiger partial charge on any atom is -0.494 e. The number of thiophene rings is 1. The summed E-state index contributed by atoms with van der Waals surface area (Å²) in [7, 11) is 0. The summed E-state index contributed by atoms with van der Waals surface area (Å²) in [6.45, 7) is 7.18. The summed E-state index contributed by atoms with van der Waals surface area (Å²) < 4.78 is 13.1. The molecule has 3 aromatic heterocycles. The lowest BCUT2D eigenvalue weighted by Gasteiger charge is -2.17. The Bertz CT molecular complexity index is 1350. The average Bonchev–Trinajstić information content (AvgIpc) is 3.40. The lowest BCUT2D eigenvalue weighted by molar-refractivity contribution is -0.113. The molecule has 1 N–H and O–H groups in total. The van der Waals surface area contributed by atoms with E-state index in [0.29, 0.717) is 41.5 Å². The largest absolute Gasteiger partial charge is 0.494 e. The van der Waals surface area contributed by atoms with Crippen LogP contribution in [0.5, 0.6) is 11.5 Å². The number of thioether (sulfide) groups is 1. The molecule has 1 aliphatic carbocycles. The highest BCUT2D eigenvalue weighted by atomic mass is 32.2. The van der Waals surface area contributed by atoms with Gasteiger partial charge in [-0.15, -0.1) is 21.5 Å². The van der Waals surface area contributed by atoms with E-state index >= 15 is 0 Å². The van der Waals surface area contributed by atoms with Crippen LogP contribution in [0.3, 0.4) is 0 Å². The Balaban J connectivity index is 1.34. The monoisotopic (exact) mass is 497 g/mol. The number of carbonyl (C=O) groups is 1. The highest BCUT2D eigenvalue weighted by Crippen LogP contribution is 2.39. The van der Waals surface area contributed by atoms with Gasteiger partial charge in [-0.05, 0) is 56.7 Å². The third-order valence-electron chi connectivity index (χ3n) is 5.84. The molecule has 1 atom stereocenters. The fourth-order valence-electron chi connectivity index (χ4n) is 4.28. The van der Waals surface area contributed by atoms with Crippen LogP contribution in [0, 0.1) is 5.92 Å². The number of aromatic nitrogens is 4. The van der Waals surface area contributed by atoms with Gasteiger partial charge < -0.3 is 14.8 Å². The van der Waals surface area contributed by atoms with Crippen LogP contribution in [0.15, 0.2) is 29.7 Å². The molecule has 0 spiro atoms. The molecule has 1 aromatic carbocycles. The fraction of sp³-hybridized carbons (Fsp3) is 0.417. The number of nitrogens with zero attached hydrogens (tertiary/aromatic N) is 4. The zero-order valence-corrected chi connectivity index (χ0v) is 21.1. The summed E-state index contributed by atoms with van der Waals surface area (Å²) in [6.07, 6.45) is 5.11. The number of benzene rings is 1. The number of ether oxygens (including phenoxy) is 2. The number of amides is 1. The molecule has 5 rings (SSSR count). The minimum atomic E-state index is -0.160. The van der Waals surface area contributed by atoms with Gasteiger partial charge >= 0.3 is 0 Å². The van der Waals surface area contributed by atoms with Crippen LogP contribution in [-0.2, 0) is 17.6 Å². The molecule has 10 heteroatoms. The molecular weight excluding hydrogens is 470 g/mol. The predicted molar refractivity (Wildman–Crippen MR) is 135 cm³/mol. The van der Waals surface area contributed by atoms with E-state index in [2.05, 4.69) is 27.4 Å². The maximum atomic E-state index is 12.8. The molecule has 0 aliphatic heterocycles. The van der Waals surface area contributed by atoms with E-state index in [0.717, 1.165) is 28.7 Å². The number of nitrogens with one attached hydrogen (secondary N) is 1. The van der Waals surface area contributed by atoms with Gasteiger partial charge in [0.15, 0.2) is 10.8 Å². The van der Waals surface area contributed by atoms with Crippen molar-refractivity contribution in [1.29, 1.82) is 0 Å². The van der Waals surface area contributed by atoms with Gasteiger partial charge in [0.25, 0.3) is 0 Å². The highest BCUT2D eigenvalue weighted by molar-refractivity contribution is 7.99. The van der Waals surface area contributed by atoms with Gasteiger partial charge in [0.1, 0.15) is 22.7 Å². The lowest BCUT2D eigenvalue weighted by Crippen LogP contribution is -2.15. The molecular formula is C24H27N5O3S2. The van der Waals surface area contributed by atoms with Crippen LogP contribution in [0.1, 0.15) is 37.6 Å². The molecule has 0 radical (unpaired) electrons. The maximum absolute atomic E-state index is 12.8. The molecule has 1 amide bonds. The fourth-order valence-corrected chi connectivity index (χ4v) is 6.33. The Labute approximate surface area is 206 Å². The number of carbonyl (C=O) groups excluding carboxylic acids is 1. The second kappa shape index (κ2) is 9.79. The van der Waals surface area contributed by atoms with Crippen molar-refractivity contribution in [3.63, 3.8) is 0 Å². The number of fused-ring (bicyclic) bond motifs is 5. The zero-order chi connectivity index (χ0) is 23.7. The van der Waals surface area contributed by atoms with Crippen molar-refractivity contribution < 1.29 is 14.3 Å². The minimum absolute atomic E-state index is 0.160. The summed E-state index contributed by atoms with van der Waals surface area (Å²) in [5.74, 6) is 2.02. The Kier molecular flexibility index (Phi) is 6.60. The standard InChI is InChI=1S/C24H27N5O3S2/c1-4-31-15-7-9-18(32-5-2)17(11-15)26-20(30)12-33-24-28-27-22-21-16-8-6-14(3)10-19(16)34-23(21)25-13-29(22)24/h7,9,11,13-14H,4-6,8,10,12H2,1-3H3,(H,26,30)/t14-/m1/s1. The van der Waals surface area contributed by atoms with Crippen molar-refractivity contribution in [2.45, 2.75) is 45.2 Å². The van der Waals surface area contributed by atoms with E-state index in [1.54, 1.807) is 23.7 Å². The van der Waals surface area contributed by atoms with Crippen molar-refractivity contribution in [2.75, 3.05) is 24.3 Å². The van der Waals surface area contributed by atoms with Crippen LogP contribution < -0.4 is 14.8 Å². The number of anilines is 1. The van der Waals surface area contributed by atoms with Crippen LogP contribution in [0.25, 0.3) is 15.9 Å². The maximum Gasteiger partial charge on any atom is 0.234 e. The molecule has 4 aromatic rings. The highest BCUT2D eigenvalue weighted by Gasteiger charge is 2.24. The lowest BCUT2D eigenvalue weighted by atomic mass is 9.89. The Morgan fingerprint density at radius 2 is 2.12 bits per heavy atom. The zero-order valence-electron chi connectivity index (χ0n) is 19.5. The number of hydrogen-bond donors (Lipinski definition) is 1. The molecule has 0 bridgehead atoms. The average molecular weight is 498 g/mol. The van der Waals surface area contributed by atoms with Crippen LogP contribution in [-0.4, -0.2) is 44.5 Å². The van der Waals surface area contributed by atoms with E-state index in [9.17, 15) is 4.79 Å². The van der Waals surface area contributed by atoms with Gasteiger partial charge in [-0.2, -0.15) is 0 Å². The van der Waals surface area contributed by atoms with Gasteiger partial charge in [-0.25, -0.2) is 4.98 Å². The molecule has 178 valence electrons. The third kappa shape index (κ3) is 4.44. The first kappa shape index (κ1) is 22.9. The Morgan fingerprint density at radius 1 is 1.26 bits per heavy atom. The molecule has 0 saturated carbocycles. The molecule has 3 heterocycles. The summed E-state index contributed by atoms with van der Waals surface area (Å²) in [5.41, 5.74) is 2.78. The number of rotatable bonds is 8. The Hall–Kier alpha value is -2.85. The van der Waals surface area contributed by atoms with Gasteiger partial charge in [-0.3, -0.25) is 9.20 Å². The summed E-state index contributed by atoms with van der Waals surface area (Å²) in [6, 6.07) is 5.42. The third-order valence-corrected chi connectivity index (χ3v) is 7.95. The number of hydrogen-bond acceptors (Lipinski definition) is 8. The van der Waals surface area contributed by atoms with Crippen molar-refractivity contribution >= 4 is 50.6 Å². The van der Waals surface area contributed by atoms with Gasteiger partial charge in [0.05, 0.1) is 30.0 Å². The summed E-state index contributed by atoms with van der Waals surface area (Å²) in [5, 5.41) is 13.5. The van der Waals surface area contributed by atoms with Crippen molar-refractivity contribution in [1.82, 2.24) is 19.6 Å². The van der Waals surface area contributed by atoms with E-state index < -0.39 is 0 Å². The first-order chi connectivity index (χ1) is 16.6. The van der Waals surface area contributed by atoms with Gasteiger partial charge in [-0.1, -0.05) is 18.7 Å². The van der Waals surface area contributed by atoms with Crippen molar-refractivity contribution in [3.05, 3.63) is 35.0 Å². The second-order valence-corrected chi connectivity index (χ2v) is 10.3. The summed E-state index contributed by atoms with van der Waals surface area (Å²) >= 11 is 3.11. The molecule has 0 unspecified atom stereocenters. The van der Waals surface area contributed by atoms with Crippen LogP contribution in [0.4, 0.5) is 5.69 Å². The first-order valence-corrected chi connectivity index (χ1v) is 13.3. The quantitative estimate of drug-likeness (QED) is 0.343. The van der Waals surface area contributed by atoms with Crippen molar-refractivity contribution in [2.24, 2.45) is 5.92 Å². The van der Waals surface area contributed by atoms with E-state index in [-0.39, 0.29) is 11.7 Å². The number of aryl methyl sites for hydroxylation is 1. The van der Waals surface area contributed by atoms with E-state index in [4.69, 9.17) is 9.47 Å². The van der Waals surface area contributed by atoms with Gasteiger partial charge in [0.2, 0.25) is 5.91 Å². The van der Waals surface area contributed by atoms with E-state index in [1.165, 1.54) is 28.6 Å². The van der Waals surface area contributed by atoms with E-state index in [1.807, 2.05) is 30.4 Å². The van der Waals surface area contributed by atoms with Crippen LogP contribution >= 0.6 is 23.1 Å².